The minimum absolute atomic E-state index is 0.113. The predicted octanol–water partition coefficient (Wildman–Crippen LogP) is 1.00. The zero-order valence-corrected chi connectivity index (χ0v) is 14.3. The SMILES string of the molecule is C[C@@H](C(=O)NC1CCCC1)[NH+](C)CC(=O)Nc1ccc(F)c(F)c1F. The topological polar surface area (TPSA) is 62.6 Å². The van der Waals surface area contributed by atoms with Crippen molar-refractivity contribution in [2.24, 2.45) is 0 Å². The number of anilines is 1. The highest BCUT2D eigenvalue weighted by Crippen LogP contribution is 2.19. The molecular weight excluding hydrogens is 335 g/mol. The van der Waals surface area contributed by atoms with Crippen LogP contribution < -0.4 is 15.5 Å². The van der Waals surface area contributed by atoms with E-state index in [-0.39, 0.29) is 18.5 Å². The Balaban J connectivity index is 1.88. The summed E-state index contributed by atoms with van der Waals surface area (Å²) in [4.78, 5) is 24.8. The van der Waals surface area contributed by atoms with Crippen molar-refractivity contribution in [3.63, 3.8) is 0 Å². The van der Waals surface area contributed by atoms with E-state index in [1.165, 1.54) is 0 Å². The summed E-state index contributed by atoms with van der Waals surface area (Å²) in [5.74, 6) is -5.14. The molecule has 0 bridgehead atoms. The summed E-state index contributed by atoms with van der Waals surface area (Å²) in [6.07, 6.45) is 4.13. The largest absolute Gasteiger partial charge is 0.348 e. The van der Waals surface area contributed by atoms with Crippen molar-refractivity contribution in [3.8, 4) is 0 Å². The predicted molar refractivity (Wildman–Crippen MR) is 86.6 cm³/mol. The number of carbonyl (C=O) groups is 2. The second-order valence-electron chi connectivity index (χ2n) is 6.51. The molecule has 25 heavy (non-hydrogen) atoms. The van der Waals surface area contributed by atoms with Crippen LogP contribution >= 0.6 is 0 Å². The summed E-state index contributed by atoms with van der Waals surface area (Å²) >= 11 is 0. The molecule has 1 saturated carbocycles. The highest BCUT2D eigenvalue weighted by atomic mass is 19.2. The fourth-order valence-corrected chi connectivity index (χ4v) is 2.84. The number of nitrogens with one attached hydrogen (secondary N) is 3. The first-order chi connectivity index (χ1) is 11.8. The molecule has 2 amide bonds. The average molecular weight is 358 g/mol. The summed E-state index contributed by atoms with van der Waals surface area (Å²) in [7, 11) is 1.67. The lowest BCUT2D eigenvalue weighted by Gasteiger charge is -2.22. The van der Waals surface area contributed by atoms with Crippen molar-refractivity contribution in [1.29, 1.82) is 0 Å². The first-order valence-corrected chi connectivity index (χ1v) is 8.35. The molecule has 0 aliphatic heterocycles. The molecule has 0 radical (unpaired) electrons. The molecule has 1 aromatic carbocycles. The molecule has 8 heteroatoms. The van der Waals surface area contributed by atoms with E-state index in [4.69, 9.17) is 0 Å². The van der Waals surface area contributed by atoms with E-state index in [2.05, 4.69) is 10.6 Å². The first kappa shape index (κ1) is 19.2. The first-order valence-electron chi connectivity index (χ1n) is 8.35. The number of likely N-dealkylation sites (N-methyl/N-ethyl adjacent to an activating group) is 1. The molecule has 1 fully saturated rings. The molecule has 1 aliphatic rings. The number of benzene rings is 1. The summed E-state index contributed by atoms with van der Waals surface area (Å²) < 4.78 is 39.6. The summed E-state index contributed by atoms with van der Waals surface area (Å²) in [6, 6.07) is 1.41. The van der Waals surface area contributed by atoms with Crippen LogP contribution in [0, 0.1) is 17.5 Å². The highest BCUT2D eigenvalue weighted by Gasteiger charge is 2.27. The third-order valence-corrected chi connectivity index (χ3v) is 4.58. The van der Waals surface area contributed by atoms with Crippen LogP contribution in [0.4, 0.5) is 18.9 Å². The Morgan fingerprint density at radius 1 is 1.20 bits per heavy atom. The monoisotopic (exact) mass is 358 g/mol. The maximum atomic E-state index is 13.6. The van der Waals surface area contributed by atoms with Crippen molar-refractivity contribution in [2.75, 3.05) is 18.9 Å². The average Bonchev–Trinajstić information content (AvgIpc) is 3.07. The molecule has 1 aromatic rings. The Hall–Kier alpha value is -2.09. The number of hydrogen-bond acceptors (Lipinski definition) is 2. The number of hydrogen-bond donors (Lipinski definition) is 3. The Labute approximate surface area is 144 Å². The lowest BCUT2D eigenvalue weighted by molar-refractivity contribution is -0.885. The van der Waals surface area contributed by atoms with E-state index in [0.29, 0.717) is 4.90 Å². The van der Waals surface area contributed by atoms with Crippen molar-refractivity contribution in [1.82, 2.24) is 5.32 Å². The van der Waals surface area contributed by atoms with Gasteiger partial charge < -0.3 is 15.5 Å². The zero-order chi connectivity index (χ0) is 18.6. The molecule has 1 unspecified atom stereocenters. The Morgan fingerprint density at radius 2 is 1.84 bits per heavy atom. The van der Waals surface area contributed by atoms with E-state index in [0.717, 1.165) is 37.8 Å². The summed E-state index contributed by atoms with van der Waals surface area (Å²) in [5, 5.41) is 5.17. The van der Waals surface area contributed by atoms with Crippen molar-refractivity contribution in [2.45, 2.75) is 44.7 Å². The van der Waals surface area contributed by atoms with Gasteiger partial charge in [0.25, 0.3) is 11.8 Å². The van der Waals surface area contributed by atoms with E-state index in [9.17, 15) is 22.8 Å². The highest BCUT2D eigenvalue weighted by molar-refractivity contribution is 5.91. The fraction of sp³-hybridized carbons (Fsp3) is 0.529. The lowest BCUT2D eigenvalue weighted by atomic mass is 10.2. The Bertz CT molecular complexity index is 648. The molecule has 2 atom stereocenters. The van der Waals surface area contributed by atoms with Crippen molar-refractivity contribution < 1.29 is 27.7 Å². The van der Waals surface area contributed by atoms with Crippen LogP contribution in [-0.2, 0) is 9.59 Å². The van der Waals surface area contributed by atoms with Crippen LogP contribution in [-0.4, -0.2) is 37.5 Å². The second kappa shape index (κ2) is 8.33. The van der Waals surface area contributed by atoms with Gasteiger partial charge in [0.15, 0.2) is 30.0 Å². The standard InChI is InChI=1S/C17H22F3N3O2/c1-10(17(25)21-11-5-3-4-6-11)23(2)9-14(24)22-13-8-7-12(18)15(19)16(13)20/h7-8,10-11H,3-6,9H2,1-2H3,(H,21,25)(H,22,24)/p+1/t10-/m0/s1. The van der Waals surface area contributed by atoms with Crippen LogP contribution in [0.25, 0.3) is 0 Å². The third kappa shape index (κ3) is 4.94. The number of halogens is 3. The maximum Gasteiger partial charge on any atom is 0.279 e. The van der Waals surface area contributed by atoms with E-state index < -0.39 is 35.1 Å². The van der Waals surface area contributed by atoms with Gasteiger partial charge in [-0.25, -0.2) is 13.2 Å². The number of rotatable bonds is 6. The van der Waals surface area contributed by atoms with Crippen molar-refractivity contribution >= 4 is 17.5 Å². The Morgan fingerprint density at radius 3 is 2.48 bits per heavy atom. The van der Waals surface area contributed by atoms with Gasteiger partial charge in [0, 0.05) is 6.04 Å². The van der Waals surface area contributed by atoms with Gasteiger partial charge in [0.05, 0.1) is 12.7 Å². The van der Waals surface area contributed by atoms with E-state index >= 15 is 0 Å². The molecule has 5 nitrogen and oxygen atoms in total. The van der Waals surface area contributed by atoms with Gasteiger partial charge in [-0.3, -0.25) is 9.59 Å². The summed E-state index contributed by atoms with van der Waals surface area (Å²) in [6.45, 7) is 1.59. The van der Waals surface area contributed by atoms with Crippen LogP contribution in [0.5, 0.6) is 0 Å². The second-order valence-corrected chi connectivity index (χ2v) is 6.51. The molecule has 3 N–H and O–H groups in total. The lowest BCUT2D eigenvalue weighted by Crippen LogP contribution is -3.15. The Kier molecular flexibility index (Phi) is 6.41. The molecular formula is C17H23F3N3O2+. The van der Waals surface area contributed by atoms with Gasteiger partial charge >= 0.3 is 0 Å². The molecule has 0 heterocycles. The molecule has 0 spiro atoms. The van der Waals surface area contributed by atoms with Gasteiger partial charge in [0.1, 0.15) is 0 Å². The number of amides is 2. The third-order valence-electron chi connectivity index (χ3n) is 4.58. The molecule has 0 saturated heterocycles. The van der Waals surface area contributed by atoms with Crippen molar-refractivity contribution in [3.05, 3.63) is 29.6 Å². The van der Waals surface area contributed by atoms with E-state index in [1.54, 1.807) is 14.0 Å². The molecule has 0 aromatic heterocycles. The van der Waals surface area contributed by atoms with Gasteiger partial charge in [-0.05, 0) is 31.9 Å². The van der Waals surface area contributed by atoms with Gasteiger partial charge in [-0.2, -0.15) is 0 Å². The normalized spacial score (nSPS) is 17.2. The molecule has 2 rings (SSSR count). The van der Waals surface area contributed by atoms with Gasteiger partial charge in [0.2, 0.25) is 0 Å². The van der Waals surface area contributed by atoms with Gasteiger partial charge in [-0.1, -0.05) is 12.8 Å². The maximum absolute atomic E-state index is 13.6. The van der Waals surface area contributed by atoms with Gasteiger partial charge in [-0.15, -0.1) is 0 Å². The minimum atomic E-state index is -1.64. The molecule has 1 aliphatic carbocycles. The van der Waals surface area contributed by atoms with Crippen LogP contribution in [0.1, 0.15) is 32.6 Å². The number of quaternary nitrogens is 1. The number of carbonyl (C=O) groups excluding carboxylic acids is 2. The quantitative estimate of drug-likeness (QED) is 0.665. The molecule has 138 valence electrons. The summed E-state index contributed by atoms with van der Waals surface area (Å²) in [5.41, 5.74) is -0.431. The van der Waals surface area contributed by atoms with Crippen LogP contribution in [0.15, 0.2) is 12.1 Å². The van der Waals surface area contributed by atoms with Crippen LogP contribution in [0.2, 0.25) is 0 Å². The fourth-order valence-electron chi connectivity index (χ4n) is 2.84. The van der Waals surface area contributed by atoms with E-state index in [1.807, 2.05) is 0 Å². The minimum Gasteiger partial charge on any atom is -0.348 e. The zero-order valence-electron chi connectivity index (χ0n) is 14.3. The smallest absolute Gasteiger partial charge is 0.279 e. The van der Waals surface area contributed by atoms with Crippen LogP contribution in [0.3, 0.4) is 0 Å².